The number of para-hydroxylation sites is 2. The first-order valence-corrected chi connectivity index (χ1v) is 15.3. The molecule has 0 N–H and O–H groups in total. The first kappa shape index (κ1) is 24.4. The first-order chi connectivity index (χ1) is 21.3. The summed E-state index contributed by atoms with van der Waals surface area (Å²) in [6, 6.07) is 39.9. The van der Waals surface area contributed by atoms with E-state index in [1.165, 1.54) is 62.1 Å². The van der Waals surface area contributed by atoms with Crippen LogP contribution in [0.5, 0.6) is 0 Å². The monoisotopic (exact) mass is 554 g/mol. The molecular weight excluding hydrogens is 524 g/mol. The molecule has 4 aromatic carbocycles. The zero-order chi connectivity index (χ0) is 28.3. The van der Waals surface area contributed by atoms with Crippen LogP contribution in [0.4, 0.5) is 0 Å². The highest BCUT2D eigenvalue weighted by molar-refractivity contribution is 6.12. The zero-order valence-corrected chi connectivity index (χ0v) is 23.9. The van der Waals surface area contributed by atoms with Crippen LogP contribution in [0.25, 0.3) is 66.4 Å². The molecule has 0 amide bonds. The Kier molecular flexibility index (Phi) is 5.48. The minimum atomic E-state index is 0.954. The van der Waals surface area contributed by atoms with Crippen molar-refractivity contribution in [2.45, 2.75) is 32.1 Å². The molecule has 0 radical (unpaired) electrons. The van der Waals surface area contributed by atoms with Gasteiger partial charge in [-0.25, -0.2) is 4.98 Å². The molecule has 0 atom stereocenters. The van der Waals surface area contributed by atoms with Gasteiger partial charge in [-0.15, -0.1) is 0 Å². The average Bonchev–Trinajstić information content (AvgIpc) is 3.57. The SMILES string of the molecule is c1ccc2c(c1)c1ccc3cc1n2-c1ccc2c4ccccc4n(c2c1)-c1ccc(cn1)CCCCCc1ccc-3nc1. The van der Waals surface area contributed by atoms with Gasteiger partial charge in [0.25, 0.3) is 0 Å². The summed E-state index contributed by atoms with van der Waals surface area (Å²) >= 11 is 0. The van der Waals surface area contributed by atoms with E-state index in [4.69, 9.17) is 9.97 Å². The Morgan fingerprint density at radius 2 is 1.09 bits per heavy atom. The summed E-state index contributed by atoms with van der Waals surface area (Å²) in [6.45, 7) is 0. The van der Waals surface area contributed by atoms with Crippen molar-refractivity contribution in [3.8, 4) is 22.8 Å². The van der Waals surface area contributed by atoms with Crippen LogP contribution >= 0.6 is 0 Å². The lowest BCUT2D eigenvalue weighted by molar-refractivity contribution is 0.676. The minimum Gasteiger partial charge on any atom is -0.309 e. The molecule has 4 aliphatic rings. The molecule has 0 saturated carbocycles. The standard InChI is InChI=1S/C39H30N4/c1-2-8-26-14-20-34(40-24-26)28-16-18-32-30-10-4-6-12-35(30)42(37(32)22-28)29-17-19-33-31-11-5-7-13-36(31)43(38(33)23-29)39-21-15-27(9-3-1)25-41-39/h4-7,10-25H,1-3,8-9H2. The Bertz CT molecular complexity index is 2300. The summed E-state index contributed by atoms with van der Waals surface area (Å²) in [7, 11) is 0. The summed E-state index contributed by atoms with van der Waals surface area (Å²) in [6.07, 6.45) is 9.77. The Labute approximate surface area is 249 Å². The minimum absolute atomic E-state index is 0.954. The van der Waals surface area contributed by atoms with Crippen molar-refractivity contribution in [3.05, 3.63) is 133 Å². The predicted octanol–water partition coefficient (Wildman–Crippen LogP) is 9.61. The number of benzene rings is 4. The lowest BCUT2D eigenvalue weighted by Gasteiger charge is -2.11. The topological polar surface area (TPSA) is 35.6 Å². The van der Waals surface area contributed by atoms with Gasteiger partial charge in [0, 0.05) is 45.2 Å². The fourth-order valence-corrected chi connectivity index (χ4v) is 7.03. The second-order valence-corrected chi connectivity index (χ2v) is 11.8. The third-order valence-corrected chi connectivity index (χ3v) is 9.18. The summed E-state index contributed by atoms with van der Waals surface area (Å²) in [5.74, 6) is 0.954. The molecule has 206 valence electrons. The Morgan fingerprint density at radius 1 is 0.465 bits per heavy atom. The second kappa shape index (κ2) is 9.67. The molecule has 4 nitrogen and oxygen atoms in total. The van der Waals surface area contributed by atoms with Crippen LogP contribution in [0.1, 0.15) is 30.4 Å². The molecule has 0 unspecified atom stereocenters. The van der Waals surface area contributed by atoms with E-state index in [-0.39, 0.29) is 0 Å². The number of aryl methyl sites for hydroxylation is 2. The molecule has 43 heavy (non-hydrogen) atoms. The summed E-state index contributed by atoms with van der Waals surface area (Å²) < 4.78 is 4.73. The average molecular weight is 555 g/mol. The van der Waals surface area contributed by atoms with Crippen molar-refractivity contribution in [1.82, 2.24) is 19.1 Å². The highest BCUT2D eigenvalue weighted by Crippen LogP contribution is 2.37. The smallest absolute Gasteiger partial charge is 0.137 e. The maximum atomic E-state index is 5.02. The van der Waals surface area contributed by atoms with Gasteiger partial charge in [0.1, 0.15) is 5.82 Å². The fourth-order valence-electron chi connectivity index (χ4n) is 7.03. The van der Waals surface area contributed by atoms with Crippen molar-refractivity contribution in [2.24, 2.45) is 0 Å². The van der Waals surface area contributed by atoms with Crippen LogP contribution in [0, 0.1) is 0 Å². The van der Waals surface area contributed by atoms with Gasteiger partial charge in [0.15, 0.2) is 0 Å². The van der Waals surface area contributed by atoms with E-state index < -0.39 is 0 Å². The van der Waals surface area contributed by atoms with Gasteiger partial charge < -0.3 is 4.57 Å². The molecule has 0 aliphatic carbocycles. The number of hydrogen-bond donors (Lipinski definition) is 0. The summed E-state index contributed by atoms with van der Waals surface area (Å²) in [5, 5.41) is 4.96. The number of pyridine rings is 2. The molecule has 0 fully saturated rings. The van der Waals surface area contributed by atoms with E-state index in [0.29, 0.717) is 0 Å². The maximum Gasteiger partial charge on any atom is 0.137 e. The van der Waals surface area contributed by atoms with Gasteiger partial charge in [0.2, 0.25) is 0 Å². The van der Waals surface area contributed by atoms with E-state index in [2.05, 4.69) is 131 Å². The first-order valence-electron chi connectivity index (χ1n) is 15.3. The Morgan fingerprint density at radius 3 is 1.79 bits per heavy atom. The van der Waals surface area contributed by atoms with Crippen LogP contribution in [0.2, 0.25) is 0 Å². The van der Waals surface area contributed by atoms with Crippen molar-refractivity contribution < 1.29 is 0 Å². The van der Waals surface area contributed by atoms with Crippen molar-refractivity contribution >= 4 is 43.6 Å². The van der Waals surface area contributed by atoms with Gasteiger partial charge in [-0.2, -0.15) is 0 Å². The van der Waals surface area contributed by atoms with Gasteiger partial charge in [0.05, 0.1) is 27.8 Å². The van der Waals surface area contributed by atoms with Gasteiger partial charge >= 0.3 is 0 Å². The largest absolute Gasteiger partial charge is 0.309 e. The van der Waals surface area contributed by atoms with Crippen LogP contribution in [-0.2, 0) is 12.8 Å². The van der Waals surface area contributed by atoms with Gasteiger partial charge in [-0.3, -0.25) is 9.55 Å². The number of fused-ring (bicyclic) bond motifs is 4. The third-order valence-electron chi connectivity index (χ3n) is 9.18. The quantitative estimate of drug-likeness (QED) is 0.187. The van der Waals surface area contributed by atoms with Crippen LogP contribution in [0.3, 0.4) is 0 Å². The molecule has 8 bridgehead atoms. The maximum absolute atomic E-state index is 5.02. The van der Waals surface area contributed by atoms with Crippen LogP contribution in [-0.4, -0.2) is 19.1 Å². The van der Waals surface area contributed by atoms with E-state index >= 15 is 0 Å². The molecule has 0 saturated heterocycles. The zero-order valence-electron chi connectivity index (χ0n) is 23.9. The van der Waals surface area contributed by atoms with Gasteiger partial charge in [-0.1, -0.05) is 73.2 Å². The lowest BCUT2D eigenvalue weighted by atomic mass is 10.0. The number of rotatable bonds is 0. The second-order valence-electron chi connectivity index (χ2n) is 11.8. The normalized spacial score (nSPS) is 13.6. The van der Waals surface area contributed by atoms with Crippen molar-refractivity contribution in [1.29, 1.82) is 0 Å². The predicted molar refractivity (Wildman–Crippen MR) is 177 cm³/mol. The molecule has 8 heterocycles. The van der Waals surface area contributed by atoms with E-state index in [0.717, 1.165) is 47.5 Å². The molecule has 4 aliphatic heterocycles. The molecule has 4 aromatic heterocycles. The summed E-state index contributed by atoms with van der Waals surface area (Å²) in [4.78, 5) is 9.93. The third kappa shape index (κ3) is 3.90. The van der Waals surface area contributed by atoms with Crippen molar-refractivity contribution in [3.63, 3.8) is 0 Å². The molecule has 4 heteroatoms. The van der Waals surface area contributed by atoms with E-state index in [1.54, 1.807) is 0 Å². The Balaban J connectivity index is 1.35. The van der Waals surface area contributed by atoms with Gasteiger partial charge in [-0.05, 0) is 79.3 Å². The van der Waals surface area contributed by atoms with Crippen LogP contribution < -0.4 is 0 Å². The number of hydrogen-bond acceptors (Lipinski definition) is 2. The van der Waals surface area contributed by atoms with Crippen LogP contribution in [0.15, 0.2) is 122 Å². The molecule has 0 spiro atoms. The number of nitrogens with zero attached hydrogens (tertiary/aromatic N) is 4. The molecule has 12 rings (SSSR count). The van der Waals surface area contributed by atoms with E-state index in [1.807, 2.05) is 0 Å². The molecule has 8 aromatic rings. The highest BCUT2D eigenvalue weighted by atomic mass is 15.1. The highest BCUT2D eigenvalue weighted by Gasteiger charge is 2.17. The fraction of sp³-hybridized carbons (Fsp3) is 0.128. The van der Waals surface area contributed by atoms with E-state index in [9.17, 15) is 0 Å². The summed E-state index contributed by atoms with van der Waals surface area (Å²) in [5.41, 5.74) is 10.6. The number of aromatic nitrogens is 4. The molecular formula is C39H30N4. The Hall–Kier alpha value is -5.22. The van der Waals surface area contributed by atoms with Crippen molar-refractivity contribution in [2.75, 3.05) is 0 Å². The lowest BCUT2D eigenvalue weighted by Crippen LogP contribution is -1.99.